The molecule has 0 aliphatic carbocycles. The third kappa shape index (κ3) is 4.22. The van der Waals surface area contributed by atoms with Crippen LogP contribution in [0.4, 0.5) is 0 Å². The van der Waals surface area contributed by atoms with Gasteiger partial charge in [-0.3, -0.25) is 0 Å². The molecular weight excluding hydrogens is 448 g/mol. The fraction of sp³-hybridized carbons (Fsp3) is 0.520. The van der Waals surface area contributed by atoms with Gasteiger partial charge in [-0.15, -0.1) is 0 Å². The van der Waals surface area contributed by atoms with Crippen LogP contribution in [0.5, 0.6) is 11.5 Å². The van der Waals surface area contributed by atoms with Crippen LogP contribution in [0.1, 0.15) is 49.1 Å². The van der Waals surface area contributed by atoms with Crippen LogP contribution in [0.25, 0.3) is 0 Å². The van der Waals surface area contributed by atoms with Gasteiger partial charge in [0.25, 0.3) is 0 Å². The number of aliphatic hydroxyl groups is 2. The van der Waals surface area contributed by atoms with Crippen molar-refractivity contribution in [2.45, 2.75) is 70.1 Å². The fourth-order valence-corrected chi connectivity index (χ4v) is 5.14. The molecule has 2 aromatic rings. The molecular formula is C25H29ClO7. The molecule has 8 heteroatoms. The third-order valence-electron chi connectivity index (χ3n) is 6.34. The third-order valence-corrected chi connectivity index (χ3v) is 6.76. The van der Waals surface area contributed by atoms with E-state index in [-0.39, 0.29) is 0 Å². The highest BCUT2D eigenvalue weighted by Gasteiger charge is 2.56. The van der Waals surface area contributed by atoms with E-state index < -0.39 is 36.5 Å². The smallest absolute Gasteiger partial charge is 0.190 e. The first-order chi connectivity index (χ1) is 15.8. The van der Waals surface area contributed by atoms with Crippen molar-refractivity contribution in [3.05, 3.63) is 57.6 Å². The van der Waals surface area contributed by atoms with E-state index in [1.807, 2.05) is 37.3 Å². The van der Waals surface area contributed by atoms with Gasteiger partial charge in [0.1, 0.15) is 35.9 Å². The van der Waals surface area contributed by atoms with E-state index in [2.05, 4.69) is 0 Å². The zero-order valence-electron chi connectivity index (χ0n) is 18.9. The summed E-state index contributed by atoms with van der Waals surface area (Å²) in [5, 5.41) is 22.7. The lowest BCUT2D eigenvalue weighted by Crippen LogP contribution is -2.37. The average Bonchev–Trinajstić information content (AvgIpc) is 3.46. The Balaban J connectivity index is 1.43. The maximum atomic E-state index is 11.3. The van der Waals surface area contributed by atoms with Gasteiger partial charge in [-0.1, -0.05) is 29.8 Å². The number of benzene rings is 2. The highest BCUT2D eigenvalue weighted by molar-refractivity contribution is 6.33. The van der Waals surface area contributed by atoms with Crippen molar-refractivity contribution in [3.8, 4) is 11.5 Å². The Bertz CT molecular complexity index is 1020. The molecule has 0 radical (unpaired) electrons. The minimum Gasteiger partial charge on any atom is -0.494 e. The van der Waals surface area contributed by atoms with Crippen LogP contribution >= 0.6 is 11.6 Å². The van der Waals surface area contributed by atoms with Gasteiger partial charge >= 0.3 is 0 Å². The SMILES string of the molecule is CCOc1ccc(Cc2cc(C(O)[C@@H]3O[C@H]4OC(C)(C)O[C@H]4[C@@H]3O)c3c(c2Cl)OCC3)cc1. The zero-order chi connectivity index (χ0) is 23.3. The van der Waals surface area contributed by atoms with Crippen LogP contribution in [0.3, 0.4) is 0 Å². The van der Waals surface area contributed by atoms with Gasteiger partial charge in [-0.2, -0.15) is 0 Å². The standard InChI is InChI=1S/C25H29ClO7/c1-4-29-15-7-5-13(6-8-15)11-14-12-17(16-9-10-30-21(16)18(14)26)19(27)22-20(28)23-24(31-22)33-25(2,3)32-23/h5-8,12,19-20,22-24,27-28H,4,9-11H2,1-3H3/t19?,20-,22+,23+,24+/m1/s1. The fourth-order valence-electron chi connectivity index (χ4n) is 4.85. The first-order valence-corrected chi connectivity index (χ1v) is 11.7. The van der Waals surface area contributed by atoms with E-state index in [1.54, 1.807) is 13.8 Å². The van der Waals surface area contributed by atoms with Crippen LogP contribution in [0, 0.1) is 0 Å². The van der Waals surface area contributed by atoms with Crippen molar-refractivity contribution >= 4 is 11.6 Å². The van der Waals surface area contributed by atoms with Crippen molar-refractivity contribution in [1.82, 2.24) is 0 Å². The van der Waals surface area contributed by atoms with Crippen molar-refractivity contribution < 1.29 is 33.9 Å². The molecule has 0 bridgehead atoms. The van der Waals surface area contributed by atoms with Gasteiger partial charge in [0, 0.05) is 12.0 Å². The minimum atomic E-state index is -1.09. The first-order valence-electron chi connectivity index (χ1n) is 11.3. The molecule has 2 N–H and O–H groups in total. The van der Waals surface area contributed by atoms with Crippen molar-refractivity contribution in [3.63, 3.8) is 0 Å². The average molecular weight is 477 g/mol. The maximum Gasteiger partial charge on any atom is 0.190 e. The van der Waals surface area contributed by atoms with Gasteiger partial charge in [-0.05, 0) is 56.0 Å². The summed E-state index contributed by atoms with van der Waals surface area (Å²) in [5.74, 6) is 0.564. The van der Waals surface area contributed by atoms with Gasteiger partial charge in [0.2, 0.25) is 0 Å². The lowest BCUT2D eigenvalue weighted by atomic mass is 9.91. The highest BCUT2D eigenvalue weighted by Crippen LogP contribution is 2.45. The predicted octanol–water partition coefficient (Wildman–Crippen LogP) is 3.54. The predicted molar refractivity (Wildman–Crippen MR) is 121 cm³/mol. The minimum absolute atomic E-state index is 0.487. The highest BCUT2D eigenvalue weighted by atomic mass is 35.5. The Kier molecular flexibility index (Phi) is 6.05. The van der Waals surface area contributed by atoms with E-state index in [0.717, 1.165) is 22.4 Å². The molecule has 0 saturated carbocycles. The number of hydrogen-bond donors (Lipinski definition) is 2. The molecule has 3 aliphatic rings. The molecule has 0 aromatic heterocycles. The summed E-state index contributed by atoms with van der Waals surface area (Å²) in [6.45, 7) is 6.58. The first kappa shape index (κ1) is 22.9. The molecule has 2 fully saturated rings. The lowest BCUT2D eigenvalue weighted by Gasteiger charge is -2.27. The maximum absolute atomic E-state index is 11.3. The normalized spacial score (nSPS) is 28.3. The second kappa shape index (κ2) is 8.73. The summed E-state index contributed by atoms with van der Waals surface area (Å²) in [7, 11) is 0. The van der Waals surface area contributed by atoms with Crippen LogP contribution < -0.4 is 9.47 Å². The zero-order valence-corrected chi connectivity index (χ0v) is 19.7. The molecule has 33 heavy (non-hydrogen) atoms. The monoisotopic (exact) mass is 476 g/mol. The summed E-state index contributed by atoms with van der Waals surface area (Å²) < 4.78 is 28.8. The van der Waals surface area contributed by atoms with Gasteiger partial charge < -0.3 is 33.9 Å². The largest absolute Gasteiger partial charge is 0.494 e. The van der Waals surface area contributed by atoms with Gasteiger partial charge in [-0.25, -0.2) is 0 Å². The van der Waals surface area contributed by atoms with E-state index in [1.165, 1.54) is 0 Å². The second-order valence-corrected chi connectivity index (χ2v) is 9.48. The number of ether oxygens (including phenoxy) is 5. The van der Waals surface area contributed by atoms with Crippen LogP contribution in [0.2, 0.25) is 5.02 Å². The van der Waals surface area contributed by atoms with Crippen LogP contribution in [-0.2, 0) is 27.1 Å². The summed E-state index contributed by atoms with van der Waals surface area (Å²) in [5.41, 5.74) is 3.38. The Morgan fingerprint density at radius 3 is 2.67 bits per heavy atom. The van der Waals surface area contributed by atoms with Crippen molar-refractivity contribution in [1.29, 1.82) is 0 Å². The topological polar surface area (TPSA) is 86.6 Å². The summed E-state index contributed by atoms with van der Waals surface area (Å²) >= 11 is 6.71. The van der Waals surface area contributed by atoms with Crippen molar-refractivity contribution in [2.24, 2.45) is 0 Å². The number of rotatable bonds is 6. The Labute approximate surface area is 198 Å². The lowest BCUT2D eigenvalue weighted by molar-refractivity contribution is -0.226. The van der Waals surface area contributed by atoms with Crippen LogP contribution in [0.15, 0.2) is 30.3 Å². The number of fused-ring (bicyclic) bond motifs is 2. The summed E-state index contributed by atoms with van der Waals surface area (Å²) in [6.07, 6.45) is -3.21. The Morgan fingerprint density at radius 2 is 1.97 bits per heavy atom. The van der Waals surface area contributed by atoms with Crippen molar-refractivity contribution in [2.75, 3.05) is 13.2 Å². The van der Waals surface area contributed by atoms with Gasteiger partial charge in [0.15, 0.2) is 12.1 Å². The Morgan fingerprint density at radius 1 is 1.21 bits per heavy atom. The van der Waals surface area contributed by atoms with E-state index >= 15 is 0 Å². The number of hydrogen-bond acceptors (Lipinski definition) is 7. The van der Waals surface area contributed by atoms with Crippen LogP contribution in [-0.4, -0.2) is 53.8 Å². The molecule has 3 aliphatic heterocycles. The summed E-state index contributed by atoms with van der Waals surface area (Å²) in [4.78, 5) is 0. The molecule has 0 amide bonds. The van der Waals surface area contributed by atoms with Gasteiger partial charge in [0.05, 0.1) is 18.2 Å². The molecule has 2 saturated heterocycles. The molecule has 3 heterocycles. The molecule has 2 aromatic carbocycles. The molecule has 5 rings (SSSR count). The molecule has 1 unspecified atom stereocenters. The number of halogens is 1. The second-order valence-electron chi connectivity index (χ2n) is 9.10. The van der Waals surface area contributed by atoms with E-state index in [4.69, 9.17) is 35.3 Å². The van der Waals surface area contributed by atoms with E-state index in [9.17, 15) is 10.2 Å². The summed E-state index contributed by atoms with van der Waals surface area (Å²) in [6, 6.07) is 9.73. The van der Waals surface area contributed by atoms with E-state index in [0.29, 0.717) is 42.4 Å². The molecule has 0 spiro atoms. The molecule has 7 nitrogen and oxygen atoms in total. The quantitative estimate of drug-likeness (QED) is 0.659. The number of aliphatic hydroxyl groups excluding tert-OH is 2. The molecule has 5 atom stereocenters. The molecule has 178 valence electrons. The Hall–Kier alpha value is -1.87.